The number of hydrogen-bond acceptors (Lipinski definition) is 3. The summed E-state index contributed by atoms with van der Waals surface area (Å²) in [6, 6.07) is 0. The van der Waals surface area contributed by atoms with Crippen molar-refractivity contribution in [3.05, 3.63) is 0 Å². The zero-order chi connectivity index (χ0) is 4.99. The van der Waals surface area contributed by atoms with E-state index in [2.05, 4.69) is 38.0 Å². The molecular weight excluding hydrogens is 196 g/mol. The van der Waals surface area contributed by atoms with Crippen molar-refractivity contribution in [2.45, 2.75) is 0 Å². The molecule has 0 aromatic carbocycles. The van der Waals surface area contributed by atoms with E-state index in [1.165, 1.54) is 0 Å². The number of rotatable bonds is 1. The molecule has 0 saturated carbocycles. The van der Waals surface area contributed by atoms with E-state index in [-0.39, 0.29) is 0 Å². The molecule has 0 atom stereocenters. The van der Waals surface area contributed by atoms with Gasteiger partial charge in [-0.25, -0.2) is 0 Å². The summed E-state index contributed by atoms with van der Waals surface area (Å²) < 4.78 is 3.45. The third kappa shape index (κ3) is 4.30. The molecule has 0 radical (unpaired) electrons. The van der Waals surface area contributed by atoms with E-state index in [1.54, 1.807) is 0 Å². The number of thiocarbonyl (C=S) groups is 1. The van der Waals surface area contributed by atoms with Crippen LogP contribution in [0.3, 0.4) is 0 Å². The molecular formula is C2HAgO2S. The first-order chi connectivity index (χ1) is 2.77. The van der Waals surface area contributed by atoms with Crippen LogP contribution in [0.2, 0.25) is 0 Å². The molecule has 0 rings (SSSR count). The van der Waals surface area contributed by atoms with Gasteiger partial charge >= 0.3 is 52.6 Å². The SMILES string of the molecule is O=[C]([Ag])OC=S. The Bertz CT molecular complexity index is 71.9. The van der Waals surface area contributed by atoms with Gasteiger partial charge in [0.15, 0.2) is 0 Å². The Kier molecular flexibility index (Phi) is 3.66. The maximum atomic E-state index is 9.64. The van der Waals surface area contributed by atoms with Gasteiger partial charge in [0.2, 0.25) is 0 Å². The van der Waals surface area contributed by atoms with E-state index in [0.29, 0.717) is 0 Å². The number of ether oxygens (including phenoxy) is 1. The Hall–Kier alpha value is 0.300. The molecule has 0 amide bonds. The van der Waals surface area contributed by atoms with Crippen LogP contribution < -0.4 is 0 Å². The first-order valence-electron chi connectivity index (χ1n) is 1.03. The van der Waals surface area contributed by atoms with Crippen LogP contribution >= 0.6 is 12.2 Å². The van der Waals surface area contributed by atoms with E-state index in [1.807, 2.05) is 0 Å². The zero-order valence-corrected chi connectivity index (χ0v) is 4.90. The van der Waals surface area contributed by atoms with Crippen LogP contribution in [0.15, 0.2) is 0 Å². The standard InChI is InChI=1S/C2HO2S.Ag/c3-1-4-2-5;/h2H;. The van der Waals surface area contributed by atoms with Crippen LogP contribution in [0.1, 0.15) is 0 Å². The Balaban J connectivity index is 3.05. The first-order valence-corrected chi connectivity index (χ1v) is 2.24. The van der Waals surface area contributed by atoms with Gasteiger partial charge in [-0.15, -0.1) is 0 Å². The number of carbonyl (C=O) groups is 1. The van der Waals surface area contributed by atoms with Gasteiger partial charge in [0.05, 0.1) is 0 Å². The average Bonchev–Trinajstić information content (AvgIpc) is 1.35. The second kappa shape index (κ2) is 3.49. The minimum atomic E-state index is -0.560. The van der Waals surface area contributed by atoms with Crippen LogP contribution in [-0.2, 0) is 25.8 Å². The van der Waals surface area contributed by atoms with Gasteiger partial charge in [0, 0.05) is 0 Å². The average molecular weight is 197 g/mol. The summed E-state index contributed by atoms with van der Waals surface area (Å²) in [5, 5.41) is 0. The fourth-order valence-corrected chi connectivity index (χ4v) is 0.316. The second-order valence-electron chi connectivity index (χ2n) is 0.421. The molecule has 2 nitrogen and oxygen atoms in total. The molecule has 0 saturated heterocycles. The summed E-state index contributed by atoms with van der Waals surface area (Å²) in [5.41, 5.74) is 0.885. The molecule has 38 valence electrons. The van der Waals surface area contributed by atoms with Gasteiger partial charge in [-0.1, -0.05) is 0 Å². The molecule has 0 fully saturated rings. The minimum absolute atomic E-state index is 0.560. The van der Waals surface area contributed by atoms with Gasteiger partial charge in [-0.2, -0.15) is 0 Å². The third-order valence-corrected chi connectivity index (χ3v) is 0.403. The van der Waals surface area contributed by atoms with E-state index in [0.717, 1.165) is 5.55 Å². The van der Waals surface area contributed by atoms with Gasteiger partial charge in [0.25, 0.3) is 0 Å². The Labute approximate surface area is 52.8 Å². The third-order valence-electron chi connectivity index (χ3n) is 0.132. The van der Waals surface area contributed by atoms with Crippen LogP contribution in [0.4, 0.5) is 4.79 Å². The summed E-state index contributed by atoms with van der Waals surface area (Å²) in [5.74, 6) is 0. The Morgan fingerprint density at radius 3 is 2.50 bits per heavy atom. The predicted octanol–water partition coefficient (Wildman–Crippen LogP) is 0.627. The van der Waals surface area contributed by atoms with E-state index in [4.69, 9.17) is 0 Å². The summed E-state index contributed by atoms with van der Waals surface area (Å²) in [7, 11) is 0. The first kappa shape index (κ1) is 6.30. The molecule has 0 N–H and O–H groups in total. The molecule has 0 spiro atoms. The van der Waals surface area contributed by atoms with E-state index >= 15 is 0 Å². The quantitative estimate of drug-likeness (QED) is 0.455. The van der Waals surface area contributed by atoms with E-state index in [9.17, 15) is 4.79 Å². The van der Waals surface area contributed by atoms with Crippen molar-refractivity contribution in [2.24, 2.45) is 0 Å². The van der Waals surface area contributed by atoms with E-state index < -0.39 is 4.19 Å². The summed E-state index contributed by atoms with van der Waals surface area (Å²) in [6.07, 6.45) is 0. The Morgan fingerprint density at radius 1 is 2.00 bits per heavy atom. The monoisotopic (exact) mass is 196 g/mol. The van der Waals surface area contributed by atoms with Gasteiger partial charge in [0.1, 0.15) is 0 Å². The molecule has 0 unspecified atom stereocenters. The van der Waals surface area contributed by atoms with Gasteiger partial charge < -0.3 is 0 Å². The summed E-state index contributed by atoms with van der Waals surface area (Å²) in [4.78, 5) is 9.64. The molecule has 0 aliphatic heterocycles. The van der Waals surface area contributed by atoms with Crippen molar-refractivity contribution in [2.75, 3.05) is 0 Å². The molecule has 6 heavy (non-hydrogen) atoms. The summed E-state index contributed by atoms with van der Waals surface area (Å²) >= 11 is 6.62. The topological polar surface area (TPSA) is 26.3 Å². The fourth-order valence-electron chi connectivity index (χ4n) is 0.0341. The molecule has 0 aromatic rings. The van der Waals surface area contributed by atoms with Gasteiger partial charge in [-0.05, 0) is 0 Å². The van der Waals surface area contributed by atoms with Crippen LogP contribution in [0.5, 0.6) is 0 Å². The van der Waals surface area contributed by atoms with Crippen LogP contribution in [0.25, 0.3) is 0 Å². The van der Waals surface area contributed by atoms with Crippen LogP contribution in [-0.4, -0.2) is 9.74 Å². The normalized spacial score (nSPS) is 7.00. The maximum absolute atomic E-state index is 9.64. The summed E-state index contributed by atoms with van der Waals surface area (Å²) in [6.45, 7) is 0. The second-order valence-corrected chi connectivity index (χ2v) is 1.22. The van der Waals surface area contributed by atoms with Crippen molar-refractivity contribution in [1.29, 1.82) is 0 Å². The predicted molar refractivity (Wildman–Crippen MR) is 20.1 cm³/mol. The number of carbonyl (C=O) groups excluding carboxylic acids is 1. The van der Waals surface area contributed by atoms with Gasteiger partial charge in [-0.3, -0.25) is 0 Å². The zero-order valence-electron chi connectivity index (χ0n) is 2.60. The molecule has 0 aliphatic carbocycles. The van der Waals surface area contributed by atoms with Crippen molar-refractivity contribution in [3.8, 4) is 0 Å². The molecule has 4 heteroatoms. The van der Waals surface area contributed by atoms with Crippen LogP contribution in [0, 0.1) is 0 Å². The Morgan fingerprint density at radius 2 is 2.50 bits per heavy atom. The molecule has 0 aromatic heterocycles. The van der Waals surface area contributed by atoms with Crippen molar-refractivity contribution >= 4 is 22.0 Å². The number of hydrogen-bond donors (Lipinski definition) is 0. The van der Waals surface area contributed by atoms with Crippen molar-refractivity contribution < 1.29 is 30.6 Å². The molecule has 0 heterocycles. The molecule has 0 aliphatic rings. The van der Waals surface area contributed by atoms with Crippen molar-refractivity contribution in [3.63, 3.8) is 0 Å². The van der Waals surface area contributed by atoms with Crippen molar-refractivity contribution in [1.82, 2.24) is 0 Å². The molecule has 0 bridgehead atoms. The fraction of sp³-hybridized carbons (Fsp3) is 0.